The SMILES string of the molecule is CS(=O)(=O)c1ccc(NC(=O)CCC2(C(F)(F)F)OC(=O)Nc3ccc(Cl)cc32)cc1. The van der Waals surface area contributed by atoms with Gasteiger partial charge in [-0.3, -0.25) is 10.1 Å². The van der Waals surface area contributed by atoms with Gasteiger partial charge < -0.3 is 10.1 Å². The highest BCUT2D eigenvalue weighted by Gasteiger charge is 2.62. The second-order valence-electron chi connectivity index (χ2n) is 6.87. The van der Waals surface area contributed by atoms with Gasteiger partial charge in [0.1, 0.15) is 0 Å². The molecule has 12 heteroatoms. The number of hydrogen-bond donors (Lipinski definition) is 2. The van der Waals surface area contributed by atoms with Gasteiger partial charge in [-0.15, -0.1) is 0 Å². The molecule has 1 aliphatic rings. The number of sulfone groups is 1. The van der Waals surface area contributed by atoms with Crippen LogP contribution in [0.25, 0.3) is 0 Å². The number of benzene rings is 2. The molecule has 0 fully saturated rings. The Labute approximate surface area is 180 Å². The summed E-state index contributed by atoms with van der Waals surface area (Å²) in [6.07, 6.45) is -6.84. The van der Waals surface area contributed by atoms with Crippen molar-refractivity contribution in [3.8, 4) is 0 Å². The van der Waals surface area contributed by atoms with Crippen molar-refractivity contribution < 1.29 is 35.9 Å². The largest absolute Gasteiger partial charge is 0.432 e. The fourth-order valence-electron chi connectivity index (χ4n) is 3.14. The smallest absolute Gasteiger partial charge is 0.428 e. The summed E-state index contributed by atoms with van der Waals surface area (Å²) in [6, 6.07) is 8.72. The van der Waals surface area contributed by atoms with Crippen molar-refractivity contribution in [1.82, 2.24) is 0 Å². The summed E-state index contributed by atoms with van der Waals surface area (Å²) in [6.45, 7) is 0. The maximum Gasteiger partial charge on any atom is 0.432 e. The van der Waals surface area contributed by atoms with Gasteiger partial charge in [0.2, 0.25) is 11.5 Å². The van der Waals surface area contributed by atoms with Crippen LogP contribution in [0.15, 0.2) is 47.4 Å². The van der Waals surface area contributed by atoms with Crippen LogP contribution in [-0.4, -0.2) is 32.9 Å². The quantitative estimate of drug-likeness (QED) is 0.662. The van der Waals surface area contributed by atoms with Crippen LogP contribution in [0.2, 0.25) is 5.02 Å². The van der Waals surface area contributed by atoms with Crippen molar-refractivity contribution >= 4 is 44.8 Å². The molecule has 3 rings (SSSR count). The third-order valence-corrected chi connectivity index (χ3v) is 6.01. The molecule has 0 spiro atoms. The number of carbonyl (C=O) groups is 2. The van der Waals surface area contributed by atoms with E-state index in [-0.39, 0.29) is 21.3 Å². The van der Waals surface area contributed by atoms with Crippen molar-refractivity contribution in [3.05, 3.63) is 53.1 Å². The fourth-order valence-corrected chi connectivity index (χ4v) is 3.95. The van der Waals surface area contributed by atoms with E-state index in [1.165, 1.54) is 36.4 Å². The first kappa shape index (κ1) is 22.9. The number of fused-ring (bicyclic) bond motifs is 1. The molecule has 166 valence electrons. The van der Waals surface area contributed by atoms with E-state index in [4.69, 9.17) is 16.3 Å². The molecule has 0 saturated heterocycles. The molecular weight excluding hydrogens is 461 g/mol. The number of amides is 2. The van der Waals surface area contributed by atoms with E-state index in [9.17, 15) is 31.2 Å². The second kappa shape index (κ2) is 8.04. The number of rotatable bonds is 5. The Morgan fingerprint density at radius 2 is 1.84 bits per heavy atom. The zero-order chi connectivity index (χ0) is 23.0. The Morgan fingerprint density at radius 1 is 1.19 bits per heavy atom. The summed E-state index contributed by atoms with van der Waals surface area (Å²) in [5, 5.41) is 4.58. The summed E-state index contributed by atoms with van der Waals surface area (Å²) < 4.78 is 69.9. The molecule has 2 N–H and O–H groups in total. The van der Waals surface area contributed by atoms with Crippen LogP contribution in [0.3, 0.4) is 0 Å². The topological polar surface area (TPSA) is 102 Å². The highest BCUT2D eigenvalue weighted by atomic mass is 35.5. The summed E-state index contributed by atoms with van der Waals surface area (Å²) in [5.74, 6) is -0.783. The summed E-state index contributed by atoms with van der Waals surface area (Å²) in [4.78, 5) is 24.1. The first-order valence-corrected chi connectivity index (χ1v) is 11.1. The predicted octanol–water partition coefficient (Wildman–Crippen LogP) is 4.48. The number of anilines is 2. The maximum atomic E-state index is 14.1. The molecule has 1 aliphatic heterocycles. The minimum atomic E-state index is -5.03. The number of ether oxygens (including phenoxy) is 1. The van der Waals surface area contributed by atoms with Crippen LogP contribution < -0.4 is 10.6 Å². The molecule has 0 radical (unpaired) electrons. The van der Waals surface area contributed by atoms with Gasteiger partial charge in [-0.1, -0.05) is 11.6 Å². The van der Waals surface area contributed by atoms with Crippen molar-refractivity contribution in [2.45, 2.75) is 29.5 Å². The van der Waals surface area contributed by atoms with Gasteiger partial charge in [0.25, 0.3) is 0 Å². The minimum Gasteiger partial charge on any atom is -0.428 e. The molecule has 1 heterocycles. The fraction of sp³-hybridized carbons (Fsp3) is 0.263. The monoisotopic (exact) mass is 476 g/mol. The lowest BCUT2D eigenvalue weighted by molar-refractivity contribution is -0.267. The molecule has 7 nitrogen and oxygen atoms in total. The van der Waals surface area contributed by atoms with E-state index in [0.29, 0.717) is 0 Å². The molecule has 2 amide bonds. The van der Waals surface area contributed by atoms with Gasteiger partial charge in [-0.2, -0.15) is 13.2 Å². The summed E-state index contributed by atoms with van der Waals surface area (Å²) in [5.41, 5.74) is -3.39. The zero-order valence-electron chi connectivity index (χ0n) is 15.9. The average Bonchev–Trinajstić information content (AvgIpc) is 2.65. The van der Waals surface area contributed by atoms with E-state index < -0.39 is 52.0 Å². The van der Waals surface area contributed by atoms with Gasteiger partial charge in [0.15, 0.2) is 9.84 Å². The summed E-state index contributed by atoms with van der Waals surface area (Å²) >= 11 is 5.85. The Hall–Kier alpha value is -2.79. The summed E-state index contributed by atoms with van der Waals surface area (Å²) in [7, 11) is -3.44. The third-order valence-electron chi connectivity index (χ3n) is 4.65. The number of carbonyl (C=O) groups excluding carboxylic acids is 2. The van der Waals surface area contributed by atoms with E-state index >= 15 is 0 Å². The lowest BCUT2D eigenvalue weighted by Crippen LogP contribution is -2.50. The van der Waals surface area contributed by atoms with E-state index in [1.54, 1.807) is 0 Å². The van der Waals surface area contributed by atoms with Crippen molar-refractivity contribution in [3.63, 3.8) is 0 Å². The number of halogens is 4. The standard InChI is InChI=1S/C19H16ClF3N2O5S/c1-31(28,29)13-5-3-12(4-6-13)24-16(26)8-9-18(19(21,22)23)14-10-11(20)2-7-15(14)25-17(27)30-18/h2-7,10H,8-9H2,1H3,(H,24,26)(H,25,27). The minimum absolute atomic E-state index is 0.00235. The van der Waals surface area contributed by atoms with Crippen LogP contribution in [0, 0.1) is 0 Å². The Balaban J connectivity index is 1.83. The average molecular weight is 477 g/mol. The van der Waals surface area contributed by atoms with Crippen LogP contribution >= 0.6 is 11.6 Å². The number of alkyl halides is 3. The molecule has 0 saturated carbocycles. The van der Waals surface area contributed by atoms with Crippen LogP contribution in [0.1, 0.15) is 18.4 Å². The van der Waals surface area contributed by atoms with Crippen LogP contribution in [-0.2, 0) is 25.0 Å². The molecule has 1 unspecified atom stereocenters. The second-order valence-corrected chi connectivity index (χ2v) is 9.33. The molecule has 0 aromatic heterocycles. The number of cyclic esters (lactones) is 1. The first-order valence-electron chi connectivity index (χ1n) is 8.78. The predicted molar refractivity (Wildman–Crippen MR) is 107 cm³/mol. The highest BCUT2D eigenvalue weighted by molar-refractivity contribution is 7.90. The van der Waals surface area contributed by atoms with Gasteiger partial charge in [0.05, 0.1) is 10.6 Å². The molecule has 0 aliphatic carbocycles. The van der Waals surface area contributed by atoms with Crippen LogP contribution in [0.4, 0.5) is 29.3 Å². The third kappa shape index (κ3) is 4.77. The van der Waals surface area contributed by atoms with E-state index in [0.717, 1.165) is 12.3 Å². The van der Waals surface area contributed by atoms with Crippen LogP contribution in [0.5, 0.6) is 0 Å². The Morgan fingerprint density at radius 3 is 2.42 bits per heavy atom. The molecular formula is C19H16ClF3N2O5S. The van der Waals surface area contributed by atoms with Gasteiger partial charge in [-0.25, -0.2) is 13.2 Å². The zero-order valence-corrected chi connectivity index (χ0v) is 17.5. The van der Waals surface area contributed by atoms with E-state index in [2.05, 4.69) is 10.6 Å². The maximum absolute atomic E-state index is 14.1. The highest BCUT2D eigenvalue weighted by Crippen LogP contribution is 2.50. The number of hydrogen-bond acceptors (Lipinski definition) is 5. The van der Waals surface area contributed by atoms with Crippen molar-refractivity contribution in [1.29, 1.82) is 0 Å². The Bertz CT molecular complexity index is 1140. The van der Waals surface area contributed by atoms with Gasteiger partial charge in [-0.05, 0) is 42.5 Å². The first-order chi connectivity index (χ1) is 14.3. The molecule has 1 atom stereocenters. The Kier molecular flexibility index (Phi) is 5.94. The van der Waals surface area contributed by atoms with Gasteiger partial charge >= 0.3 is 12.3 Å². The molecule has 0 bridgehead atoms. The van der Waals surface area contributed by atoms with Gasteiger partial charge in [0, 0.05) is 35.4 Å². The van der Waals surface area contributed by atoms with Crippen molar-refractivity contribution in [2.24, 2.45) is 0 Å². The lowest BCUT2D eigenvalue weighted by atomic mass is 9.85. The number of nitrogens with one attached hydrogen (secondary N) is 2. The molecule has 2 aromatic carbocycles. The van der Waals surface area contributed by atoms with E-state index in [1.807, 2.05) is 0 Å². The van der Waals surface area contributed by atoms with Crippen molar-refractivity contribution in [2.75, 3.05) is 16.9 Å². The lowest BCUT2D eigenvalue weighted by Gasteiger charge is -2.39. The normalized spacial score (nSPS) is 18.5. The molecule has 2 aromatic rings. The molecule has 31 heavy (non-hydrogen) atoms.